The summed E-state index contributed by atoms with van der Waals surface area (Å²) in [6.07, 6.45) is 12.6. The molecule has 0 aromatic rings. The van der Waals surface area contributed by atoms with Gasteiger partial charge in [-0.05, 0) is 68.6 Å². The fourth-order valence-corrected chi connectivity index (χ4v) is 4.92. The SMILES string of the molecule is CCCC(=O)C1CCC(C2CCC(CC)CC2C)CC1. The second kappa shape index (κ2) is 7.61. The first kappa shape index (κ1) is 16.0. The van der Waals surface area contributed by atoms with Crippen LogP contribution in [0.2, 0.25) is 0 Å². The van der Waals surface area contributed by atoms with E-state index in [9.17, 15) is 4.79 Å². The lowest BCUT2D eigenvalue weighted by molar-refractivity contribution is -0.124. The molecule has 1 heteroatoms. The van der Waals surface area contributed by atoms with E-state index in [4.69, 9.17) is 0 Å². The van der Waals surface area contributed by atoms with E-state index in [2.05, 4.69) is 20.8 Å². The van der Waals surface area contributed by atoms with Crippen LogP contribution in [-0.2, 0) is 4.79 Å². The number of carbonyl (C=O) groups is 1. The highest BCUT2D eigenvalue weighted by molar-refractivity contribution is 5.80. The Morgan fingerprint density at radius 2 is 1.70 bits per heavy atom. The van der Waals surface area contributed by atoms with Crippen LogP contribution in [0, 0.1) is 29.6 Å². The number of ketones is 1. The quantitative estimate of drug-likeness (QED) is 0.637. The molecule has 0 aromatic carbocycles. The Balaban J connectivity index is 1.80. The van der Waals surface area contributed by atoms with E-state index < -0.39 is 0 Å². The van der Waals surface area contributed by atoms with E-state index in [1.807, 2.05) is 0 Å². The van der Waals surface area contributed by atoms with Gasteiger partial charge >= 0.3 is 0 Å². The second-order valence-electron chi connectivity index (χ2n) is 7.56. The first-order valence-corrected chi connectivity index (χ1v) is 9.18. The van der Waals surface area contributed by atoms with E-state index in [0.717, 1.165) is 36.5 Å². The summed E-state index contributed by atoms with van der Waals surface area (Å²) >= 11 is 0. The van der Waals surface area contributed by atoms with E-state index in [0.29, 0.717) is 11.7 Å². The van der Waals surface area contributed by atoms with Gasteiger partial charge in [0.2, 0.25) is 0 Å². The number of carbonyl (C=O) groups excluding carboxylic acids is 1. The third kappa shape index (κ3) is 3.86. The fourth-order valence-electron chi connectivity index (χ4n) is 4.92. The van der Waals surface area contributed by atoms with Crippen molar-refractivity contribution in [3.63, 3.8) is 0 Å². The smallest absolute Gasteiger partial charge is 0.135 e. The van der Waals surface area contributed by atoms with Crippen LogP contribution in [0.1, 0.15) is 85.0 Å². The molecule has 2 rings (SSSR count). The van der Waals surface area contributed by atoms with Crippen LogP contribution in [0.5, 0.6) is 0 Å². The van der Waals surface area contributed by atoms with Gasteiger partial charge in [-0.25, -0.2) is 0 Å². The summed E-state index contributed by atoms with van der Waals surface area (Å²) in [5.74, 6) is 4.75. The Morgan fingerprint density at radius 3 is 2.25 bits per heavy atom. The molecule has 0 aromatic heterocycles. The van der Waals surface area contributed by atoms with Crippen LogP contribution >= 0.6 is 0 Å². The molecule has 2 aliphatic carbocycles. The van der Waals surface area contributed by atoms with Crippen molar-refractivity contribution in [3.05, 3.63) is 0 Å². The highest BCUT2D eigenvalue weighted by Gasteiger charge is 2.35. The Bertz CT molecular complexity index is 301. The molecule has 2 aliphatic rings. The minimum atomic E-state index is 0.411. The summed E-state index contributed by atoms with van der Waals surface area (Å²) in [6, 6.07) is 0. The Labute approximate surface area is 125 Å². The molecule has 0 heterocycles. The lowest BCUT2D eigenvalue weighted by Crippen LogP contribution is -2.32. The maximum Gasteiger partial charge on any atom is 0.135 e. The van der Waals surface area contributed by atoms with E-state index >= 15 is 0 Å². The maximum atomic E-state index is 12.0. The second-order valence-corrected chi connectivity index (χ2v) is 7.56. The molecule has 0 aliphatic heterocycles. The van der Waals surface area contributed by atoms with Crippen LogP contribution in [-0.4, -0.2) is 5.78 Å². The van der Waals surface area contributed by atoms with E-state index in [-0.39, 0.29) is 0 Å². The molecular weight excluding hydrogens is 244 g/mol. The molecule has 0 bridgehead atoms. The molecule has 3 atom stereocenters. The average molecular weight is 278 g/mol. The van der Waals surface area contributed by atoms with E-state index in [1.165, 1.54) is 51.4 Å². The number of hydrogen-bond acceptors (Lipinski definition) is 1. The topological polar surface area (TPSA) is 17.1 Å². The summed E-state index contributed by atoms with van der Waals surface area (Å²) in [5.41, 5.74) is 0. The standard InChI is InChI=1S/C19H34O/c1-4-6-19(20)17-10-8-16(9-11-17)18-12-7-15(5-2)13-14(18)3/h14-18H,4-13H2,1-3H3. The predicted octanol–water partition coefficient (Wildman–Crippen LogP) is 5.62. The lowest BCUT2D eigenvalue weighted by Gasteiger charge is -2.41. The van der Waals surface area contributed by atoms with Crippen molar-refractivity contribution in [2.45, 2.75) is 85.0 Å². The van der Waals surface area contributed by atoms with Crippen molar-refractivity contribution in [1.82, 2.24) is 0 Å². The number of Topliss-reactive ketones (excluding diaryl/α,β-unsaturated/α-hetero) is 1. The van der Waals surface area contributed by atoms with Gasteiger partial charge in [-0.15, -0.1) is 0 Å². The van der Waals surface area contributed by atoms with Gasteiger partial charge in [-0.2, -0.15) is 0 Å². The maximum absolute atomic E-state index is 12.0. The highest BCUT2D eigenvalue weighted by atomic mass is 16.1. The zero-order valence-electron chi connectivity index (χ0n) is 13.9. The van der Waals surface area contributed by atoms with Crippen molar-refractivity contribution in [3.8, 4) is 0 Å². The molecule has 2 saturated carbocycles. The molecule has 1 nitrogen and oxygen atoms in total. The van der Waals surface area contributed by atoms with Crippen LogP contribution in [0.4, 0.5) is 0 Å². The number of hydrogen-bond donors (Lipinski definition) is 0. The third-order valence-electron chi connectivity index (χ3n) is 6.25. The van der Waals surface area contributed by atoms with Gasteiger partial charge < -0.3 is 0 Å². The van der Waals surface area contributed by atoms with Crippen molar-refractivity contribution >= 4 is 5.78 Å². The minimum absolute atomic E-state index is 0.411. The largest absolute Gasteiger partial charge is 0.299 e. The van der Waals surface area contributed by atoms with Crippen molar-refractivity contribution in [2.75, 3.05) is 0 Å². The monoisotopic (exact) mass is 278 g/mol. The summed E-state index contributed by atoms with van der Waals surface area (Å²) in [4.78, 5) is 12.0. The van der Waals surface area contributed by atoms with Crippen LogP contribution in [0.15, 0.2) is 0 Å². The highest BCUT2D eigenvalue weighted by Crippen LogP contribution is 2.45. The lowest BCUT2D eigenvalue weighted by atomic mass is 9.64. The molecular formula is C19H34O. The first-order valence-electron chi connectivity index (χ1n) is 9.18. The van der Waals surface area contributed by atoms with Gasteiger partial charge in [0, 0.05) is 12.3 Å². The van der Waals surface area contributed by atoms with Gasteiger partial charge in [0.05, 0.1) is 0 Å². The summed E-state index contributed by atoms with van der Waals surface area (Å²) in [7, 11) is 0. The van der Waals surface area contributed by atoms with Gasteiger partial charge in [0.15, 0.2) is 0 Å². The van der Waals surface area contributed by atoms with Crippen molar-refractivity contribution < 1.29 is 4.79 Å². The van der Waals surface area contributed by atoms with Gasteiger partial charge in [0.1, 0.15) is 5.78 Å². The normalized spacial score (nSPS) is 38.6. The molecule has 0 spiro atoms. The average Bonchev–Trinajstić information content (AvgIpc) is 2.47. The van der Waals surface area contributed by atoms with Gasteiger partial charge in [0.25, 0.3) is 0 Å². The Kier molecular flexibility index (Phi) is 6.11. The molecule has 0 amide bonds. The van der Waals surface area contributed by atoms with E-state index in [1.54, 1.807) is 0 Å². The molecule has 3 unspecified atom stereocenters. The molecule has 20 heavy (non-hydrogen) atoms. The van der Waals surface area contributed by atoms with Crippen molar-refractivity contribution in [2.24, 2.45) is 29.6 Å². The molecule has 2 fully saturated rings. The Hall–Kier alpha value is -0.330. The molecule has 0 saturated heterocycles. The fraction of sp³-hybridized carbons (Fsp3) is 0.947. The Morgan fingerprint density at radius 1 is 1.00 bits per heavy atom. The molecule has 116 valence electrons. The van der Waals surface area contributed by atoms with Crippen LogP contribution in [0.3, 0.4) is 0 Å². The summed E-state index contributed by atoms with van der Waals surface area (Å²) < 4.78 is 0. The zero-order chi connectivity index (χ0) is 14.5. The zero-order valence-corrected chi connectivity index (χ0v) is 13.9. The minimum Gasteiger partial charge on any atom is -0.299 e. The van der Waals surface area contributed by atoms with Crippen LogP contribution < -0.4 is 0 Å². The van der Waals surface area contributed by atoms with Gasteiger partial charge in [-0.1, -0.05) is 33.6 Å². The summed E-state index contributed by atoms with van der Waals surface area (Å²) in [5, 5.41) is 0. The van der Waals surface area contributed by atoms with Crippen LogP contribution in [0.25, 0.3) is 0 Å². The molecule has 0 N–H and O–H groups in total. The predicted molar refractivity (Wildman–Crippen MR) is 85.6 cm³/mol. The third-order valence-corrected chi connectivity index (χ3v) is 6.25. The van der Waals surface area contributed by atoms with Crippen molar-refractivity contribution in [1.29, 1.82) is 0 Å². The molecule has 0 radical (unpaired) electrons. The summed E-state index contributed by atoms with van der Waals surface area (Å²) in [6.45, 7) is 6.96. The number of rotatable bonds is 5. The first-order chi connectivity index (χ1) is 9.65. The van der Waals surface area contributed by atoms with Gasteiger partial charge in [-0.3, -0.25) is 4.79 Å².